The highest BCUT2D eigenvalue weighted by atomic mass is 32.2. The Kier molecular flexibility index (Phi) is 5.52. The average molecular weight is 333 g/mol. The molecule has 2 aromatic rings. The van der Waals surface area contributed by atoms with Crippen molar-refractivity contribution >= 4 is 15.7 Å². The number of aryl methyl sites for hydroxylation is 1. The van der Waals surface area contributed by atoms with E-state index in [1.807, 2.05) is 25.1 Å². The molecule has 1 atom stereocenters. The lowest BCUT2D eigenvalue weighted by Gasteiger charge is -2.12. The average Bonchev–Trinajstić information content (AvgIpc) is 2.54. The van der Waals surface area contributed by atoms with Gasteiger partial charge in [-0.25, -0.2) is 8.42 Å². The van der Waals surface area contributed by atoms with Gasteiger partial charge in [-0.2, -0.15) is 0 Å². The minimum absolute atomic E-state index is 0.136. The van der Waals surface area contributed by atoms with Crippen molar-refractivity contribution in [3.63, 3.8) is 0 Å². The summed E-state index contributed by atoms with van der Waals surface area (Å²) >= 11 is 0. The summed E-state index contributed by atoms with van der Waals surface area (Å²) in [5, 5.41) is 12.1. The third-order valence-electron chi connectivity index (χ3n) is 3.39. The van der Waals surface area contributed by atoms with Crippen LogP contribution in [-0.2, 0) is 21.1 Å². The van der Waals surface area contributed by atoms with E-state index in [0.717, 1.165) is 11.1 Å². The second-order valence-electron chi connectivity index (χ2n) is 5.32. The number of carbonyl (C=O) groups excluding carboxylic acids is 1. The van der Waals surface area contributed by atoms with Gasteiger partial charge in [-0.3, -0.25) is 4.79 Å². The fourth-order valence-electron chi connectivity index (χ4n) is 2.04. The van der Waals surface area contributed by atoms with Gasteiger partial charge in [0.05, 0.1) is 4.90 Å². The molecule has 0 saturated heterocycles. The molecule has 0 aliphatic rings. The Labute approximate surface area is 135 Å². The molecule has 0 spiro atoms. The molecule has 2 rings (SSSR count). The fraction of sp³-hybridized carbons (Fsp3) is 0.235. The number of carbonyl (C=O) groups is 1. The molecule has 23 heavy (non-hydrogen) atoms. The van der Waals surface area contributed by atoms with E-state index >= 15 is 0 Å². The van der Waals surface area contributed by atoms with Crippen LogP contribution >= 0.6 is 0 Å². The Morgan fingerprint density at radius 2 is 1.70 bits per heavy atom. The normalized spacial score (nSPS) is 12.6. The highest BCUT2D eigenvalue weighted by molar-refractivity contribution is 7.91. The van der Waals surface area contributed by atoms with Gasteiger partial charge >= 0.3 is 0 Å². The lowest BCUT2D eigenvalue weighted by atomic mass is 10.1. The number of aliphatic hydroxyl groups excluding tert-OH is 1. The molecule has 0 aliphatic carbocycles. The third-order valence-corrected chi connectivity index (χ3v) is 4.91. The first-order valence-electron chi connectivity index (χ1n) is 7.17. The van der Waals surface area contributed by atoms with Gasteiger partial charge in [0, 0.05) is 6.42 Å². The fourth-order valence-corrected chi connectivity index (χ4v) is 3.09. The summed E-state index contributed by atoms with van der Waals surface area (Å²) in [6.07, 6.45) is -1.15. The van der Waals surface area contributed by atoms with Crippen molar-refractivity contribution in [1.29, 1.82) is 0 Å². The van der Waals surface area contributed by atoms with Crippen LogP contribution in [0, 0.1) is 6.92 Å². The summed E-state index contributed by atoms with van der Waals surface area (Å²) in [4.78, 5) is 12.0. The summed E-state index contributed by atoms with van der Waals surface area (Å²) in [7, 11) is -3.62. The summed E-state index contributed by atoms with van der Waals surface area (Å²) < 4.78 is 24.3. The Hall–Kier alpha value is -2.18. The molecule has 2 aromatic carbocycles. The van der Waals surface area contributed by atoms with E-state index in [1.54, 1.807) is 24.3 Å². The smallest absolute Gasteiger partial charge is 0.250 e. The number of aliphatic hydroxyl groups is 1. The molecule has 0 aliphatic heterocycles. The maximum absolute atomic E-state index is 12.1. The minimum atomic E-state index is -3.62. The molecule has 0 aromatic heterocycles. The van der Waals surface area contributed by atoms with Gasteiger partial charge in [-0.05, 0) is 24.6 Å². The van der Waals surface area contributed by atoms with E-state index in [0.29, 0.717) is 0 Å². The van der Waals surface area contributed by atoms with Crippen molar-refractivity contribution in [2.24, 2.45) is 0 Å². The Morgan fingerprint density at radius 3 is 2.30 bits per heavy atom. The van der Waals surface area contributed by atoms with E-state index in [4.69, 9.17) is 0 Å². The predicted molar refractivity (Wildman–Crippen MR) is 87.5 cm³/mol. The number of rotatable bonds is 6. The molecule has 6 heteroatoms. The number of nitrogens with one attached hydrogen (secondary N) is 1. The number of hydrogen-bond donors (Lipinski definition) is 2. The van der Waals surface area contributed by atoms with Gasteiger partial charge in [0.15, 0.2) is 9.84 Å². The van der Waals surface area contributed by atoms with E-state index < -0.39 is 27.7 Å². The van der Waals surface area contributed by atoms with Gasteiger partial charge in [0.2, 0.25) is 5.91 Å². The number of benzene rings is 2. The number of sulfone groups is 1. The van der Waals surface area contributed by atoms with E-state index in [-0.39, 0.29) is 11.3 Å². The van der Waals surface area contributed by atoms with Crippen LogP contribution in [0.25, 0.3) is 0 Å². The molecule has 5 nitrogen and oxygen atoms in total. The highest BCUT2D eigenvalue weighted by Gasteiger charge is 2.20. The van der Waals surface area contributed by atoms with Crippen molar-refractivity contribution in [2.75, 3.05) is 5.88 Å². The van der Waals surface area contributed by atoms with Gasteiger partial charge in [0.1, 0.15) is 12.0 Å². The lowest BCUT2D eigenvalue weighted by molar-refractivity contribution is -0.128. The van der Waals surface area contributed by atoms with Gasteiger partial charge < -0.3 is 10.4 Å². The molecule has 0 heterocycles. The van der Waals surface area contributed by atoms with Gasteiger partial charge in [0.25, 0.3) is 0 Å². The molecule has 1 amide bonds. The van der Waals surface area contributed by atoms with Crippen molar-refractivity contribution in [1.82, 2.24) is 5.32 Å². The molecule has 0 bridgehead atoms. The first kappa shape index (κ1) is 17.2. The van der Waals surface area contributed by atoms with Gasteiger partial charge in [-0.1, -0.05) is 48.0 Å². The van der Waals surface area contributed by atoms with Crippen molar-refractivity contribution in [3.05, 3.63) is 65.7 Å². The molecule has 0 radical (unpaired) electrons. The second kappa shape index (κ2) is 7.39. The van der Waals surface area contributed by atoms with Crippen LogP contribution in [0.3, 0.4) is 0 Å². The second-order valence-corrected chi connectivity index (χ2v) is 7.31. The molecule has 0 saturated carbocycles. The van der Waals surface area contributed by atoms with Crippen molar-refractivity contribution in [3.8, 4) is 0 Å². The number of hydrogen-bond acceptors (Lipinski definition) is 4. The molecular weight excluding hydrogens is 314 g/mol. The zero-order valence-corrected chi connectivity index (χ0v) is 13.6. The van der Waals surface area contributed by atoms with Crippen molar-refractivity contribution in [2.45, 2.75) is 24.3 Å². The Bertz CT molecular complexity index is 755. The topological polar surface area (TPSA) is 83.5 Å². The zero-order chi connectivity index (χ0) is 16.9. The van der Waals surface area contributed by atoms with Crippen LogP contribution < -0.4 is 5.32 Å². The van der Waals surface area contributed by atoms with Crippen LogP contribution in [-0.4, -0.2) is 31.4 Å². The lowest BCUT2D eigenvalue weighted by Crippen LogP contribution is -2.38. The minimum Gasteiger partial charge on any atom is -0.383 e. The van der Waals surface area contributed by atoms with E-state index in [1.165, 1.54) is 12.1 Å². The third kappa shape index (κ3) is 4.91. The van der Waals surface area contributed by atoms with Crippen LogP contribution in [0.4, 0.5) is 0 Å². The maximum Gasteiger partial charge on any atom is 0.250 e. The molecular formula is C17H19NO4S. The molecule has 0 fully saturated rings. The number of amides is 1. The Balaban J connectivity index is 1.94. The molecule has 2 N–H and O–H groups in total. The zero-order valence-electron chi connectivity index (χ0n) is 12.8. The van der Waals surface area contributed by atoms with Crippen LogP contribution in [0.1, 0.15) is 11.1 Å². The van der Waals surface area contributed by atoms with Crippen LogP contribution in [0.2, 0.25) is 0 Å². The quantitative estimate of drug-likeness (QED) is 0.838. The summed E-state index contributed by atoms with van der Waals surface area (Å²) in [6, 6.07) is 15.4. The van der Waals surface area contributed by atoms with E-state index in [9.17, 15) is 18.3 Å². The van der Waals surface area contributed by atoms with Crippen LogP contribution in [0.15, 0.2) is 59.5 Å². The standard InChI is InChI=1S/C17H19NO4S/c1-13-7-9-15(10-8-13)23(21,22)12-18-17(20)16(19)11-14-5-3-2-4-6-14/h2-10,16,19H,11-12H2,1H3,(H,18,20). The summed E-state index contributed by atoms with van der Waals surface area (Å²) in [6.45, 7) is 1.86. The summed E-state index contributed by atoms with van der Waals surface area (Å²) in [5.41, 5.74) is 1.75. The molecule has 1 unspecified atom stereocenters. The van der Waals surface area contributed by atoms with Gasteiger partial charge in [-0.15, -0.1) is 0 Å². The highest BCUT2D eigenvalue weighted by Crippen LogP contribution is 2.11. The maximum atomic E-state index is 12.1. The van der Waals surface area contributed by atoms with Crippen LogP contribution in [0.5, 0.6) is 0 Å². The Morgan fingerprint density at radius 1 is 1.09 bits per heavy atom. The first-order chi connectivity index (χ1) is 10.9. The summed E-state index contributed by atoms with van der Waals surface area (Å²) in [5.74, 6) is -1.25. The predicted octanol–water partition coefficient (Wildman–Crippen LogP) is 1.45. The molecule has 122 valence electrons. The van der Waals surface area contributed by atoms with Crippen molar-refractivity contribution < 1.29 is 18.3 Å². The first-order valence-corrected chi connectivity index (χ1v) is 8.83. The van der Waals surface area contributed by atoms with E-state index in [2.05, 4.69) is 5.32 Å². The monoisotopic (exact) mass is 333 g/mol. The largest absolute Gasteiger partial charge is 0.383 e. The SMILES string of the molecule is Cc1ccc(S(=O)(=O)CNC(=O)C(O)Cc2ccccc2)cc1.